The highest BCUT2D eigenvalue weighted by atomic mass is 16.3. The molecule has 2 amide bonds. The second-order valence-corrected chi connectivity index (χ2v) is 2.00. The standard InChI is InChI=1S/C5H7NO3/c7-2-3-1-4(8)6-5(3)9/h3,7H,1-2H2,(H,6,8,9). The Kier molecular flexibility index (Phi) is 1.48. The predicted octanol–water partition coefficient (Wildman–Crippen LogP) is -1.36. The lowest BCUT2D eigenvalue weighted by Gasteiger charge is -1.95. The zero-order chi connectivity index (χ0) is 6.85. The first-order valence-electron chi connectivity index (χ1n) is 2.68. The van der Waals surface area contributed by atoms with Gasteiger partial charge in [0.15, 0.2) is 0 Å². The fourth-order valence-electron chi connectivity index (χ4n) is 0.754. The maximum absolute atomic E-state index is 10.5. The van der Waals surface area contributed by atoms with Gasteiger partial charge in [-0.05, 0) is 0 Å². The van der Waals surface area contributed by atoms with Gasteiger partial charge in [0.1, 0.15) is 0 Å². The topological polar surface area (TPSA) is 66.4 Å². The molecule has 0 aromatic heterocycles. The molecular weight excluding hydrogens is 122 g/mol. The van der Waals surface area contributed by atoms with Crippen molar-refractivity contribution in [2.24, 2.45) is 5.92 Å². The SMILES string of the molecule is O=C1CC(CO)C(=O)N1. The van der Waals surface area contributed by atoms with Gasteiger partial charge in [0.2, 0.25) is 11.8 Å². The van der Waals surface area contributed by atoms with Crippen molar-refractivity contribution >= 4 is 11.8 Å². The maximum atomic E-state index is 10.5. The molecule has 50 valence electrons. The van der Waals surface area contributed by atoms with E-state index in [2.05, 4.69) is 5.32 Å². The Hall–Kier alpha value is -0.900. The van der Waals surface area contributed by atoms with Gasteiger partial charge in [-0.1, -0.05) is 0 Å². The predicted molar refractivity (Wildman–Crippen MR) is 28.3 cm³/mol. The fraction of sp³-hybridized carbons (Fsp3) is 0.600. The average molecular weight is 129 g/mol. The maximum Gasteiger partial charge on any atom is 0.232 e. The summed E-state index contributed by atoms with van der Waals surface area (Å²) in [6, 6.07) is 0. The van der Waals surface area contributed by atoms with Gasteiger partial charge in [-0.3, -0.25) is 14.9 Å². The summed E-state index contributed by atoms with van der Waals surface area (Å²) in [5, 5.41) is 10.5. The molecule has 0 aromatic carbocycles. The van der Waals surface area contributed by atoms with Crippen LogP contribution in [0, 0.1) is 5.92 Å². The number of imide groups is 1. The Morgan fingerprint density at radius 1 is 1.67 bits per heavy atom. The number of aliphatic hydroxyl groups excluding tert-OH is 1. The summed E-state index contributed by atoms with van der Waals surface area (Å²) in [5.74, 6) is -1.15. The molecule has 0 aliphatic carbocycles. The molecule has 1 fully saturated rings. The first kappa shape index (κ1) is 6.22. The summed E-state index contributed by atoms with van der Waals surface area (Å²) in [5.41, 5.74) is 0. The molecule has 1 heterocycles. The van der Waals surface area contributed by atoms with E-state index in [4.69, 9.17) is 5.11 Å². The van der Waals surface area contributed by atoms with Gasteiger partial charge < -0.3 is 5.11 Å². The van der Waals surface area contributed by atoms with E-state index < -0.39 is 5.92 Å². The summed E-state index contributed by atoms with van der Waals surface area (Å²) in [7, 11) is 0. The highest BCUT2D eigenvalue weighted by Crippen LogP contribution is 2.08. The zero-order valence-electron chi connectivity index (χ0n) is 4.76. The molecular formula is C5H7NO3. The average Bonchev–Trinajstić information content (AvgIpc) is 2.10. The van der Waals surface area contributed by atoms with Crippen LogP contribution in [0.3, 0.4) is 0 Å². The lowest BCUT2D eigenvalue weighted by atomic mass is 10.1. The number of rotatable bonds is 1. The molecule has 1 saturated heterocycles. The lowest BCUT2D eigenvalue weighted by molar-refractivity contribution is -0.126. The largest absolute Gasteiger partial charge is 0.396 e. The molecule has 0 spiro atoms. The zero-order valence-corrected chi connectivity index (χ0v) is 4.76. The van der Waals surface area contributed by atoms with Gasteiger partial charge in [-0.25, -0.2) is 0 Å². The van der Waals surface area contributed by atoms with Gasteiger partial charge >= 0.3 is 0 Å². The minimum atomic E-state index is -0.502. The molecule has 1 rings (SSSR count). The quantitative estimate of drug-likeness (QED) is 0.430. The van der Waals surface area contributed by atoms with Crippen molar-refractivity contribution < 1.29 is 14.7 Å². The summed E-state index contributed by atoms with van der Waals surface area (Å²) in [4.78, 5) is 20.9. The summed E-state index contributed by atoms with van der Waals surface area (Å²) >= 11 is 0. The van der Waals surface area contributed by atoms with Crippen LogP contribution in [-0.4, -0.2) is 23.5 Å². The van der Waals surface area contributed by atoms with Crippen LogP contribution in [0.1, 0.15) is 6.42 Å². The summed E-state index contributed by atoms with van der Waals surface area (Å²) in [6.45, 7) is -0.239. The molecule has 9 heavy (non-hydrogen) atoms. The third-order valence-corrected chi connectivity index (χ3v) is 1.29. The van der Waals surface area contributed by atoms with Crippen LogP contribution in [0.4, 0.5) is 0 Å². The third-order valence-electron chi connectivity index (χ3n) is 1.29. The van der Waals surface area contributed by atoms with Gasteiger partial charge in [-0.2, -0.15) is 0 Å². The molecule has 4 heteroatoms. The third kappa shape index (κ3) is 1.08. The minimum absolute atomic E-state index is 0.134. The second-order valence-electron chi connectivity index (χ2n) is 2.00. The molecule has 0 saturated carbocycles. The molecule has 1 aliphatic heterocycles. The molecule has 0 aromatic rings. The van der Waals surface area contributed by atoms with Crippen molar-refractivity contribution in [3.8, 4) is 0 Å². The van der Waals surface area contributed by atoms with E-state index >= 15 is 0 Å². The minimum Gasteiger partial charge on any atom is -0.396 e. The second kappa shape index (κ2) is 2.14. The van der Waals surface area contributed by atoms with Gasteiger partial charge in [-0.15, -0.1) is 0 Å². The van der Waals surface area contributed by atoms with E-state index in [1.807, 2.05) is 0 Å². The number of amides is 2. The molecule has 0 radical (unpaired) electrons. The molecule has 1 atom stereocenters. The number of carbonyl (C=O) groups is 2. The molecule has 4 nitrogen and oxygen atoms in total. The monoisotopic (exact) mass is 129 g/mol. The number of hydrogen-bond donors (Lipinski definition) is 2. The van der Waals surface area contributed by atoms with Crippen LogP contribution in [0.15, 0.2) is 0 Å². The number of aliphatic hydroxyl groups is 1. The Bertz CT molecular complexity index is 154. The smallest absolute Gasteiger partial charge is 0.232 e. The number of carbonyl (C=O) groups excluding carboxylic acids is 2. The van der Waals surface area contributed by atoms with Crippen molar-refractivity contribution in [3.63, 3.8) is 0 Å². The Labute approximate surface area is 51.9 Å². The van der Waals surface area contributed by atoms with E-state index in [0.29, 0.717) is 0 Å². The first-order valence-corrected chi connectivity index (χ1v) is 2.68. The van der Waals surface area contributed by atoms with Crippen LogP contribution in [0.5, 0.6) is 0 Å². The number of hydrogen-bond acceptors (Lipinski definition) is 3. The normalized spacial score (nSPS) is 26.6. The molecule has 0 bridgehead atoms. The summed E-state index contributed by atoms with van der Waals surface area (Å²) < 4.78 is 0. The Morgan fingerprint density at radius 2 is 2.33 bits per heavy atom. The van der Waals surface area contributed by atoms with E-state index in [-0.39, 0.29) is 24.8 Å². The Balaban J connectivity index is 2.58. The van der Waals surface area contributed by atoms with Crippen molar-refractivity contribution in [2.75, 3.05) is 6.61 Å². The molecule has 2 N–H and O–H groups in total. The van der Waals surface area contributed by atoms with E-state index in [1.54, 1.807) is 0 Å². The van der Waals surface area contributed by atoms with Crippen LogP contribution in [0.25, 0.3) is 0 Å². The van der Waals surface area contributed by atoms with Gasteiger partial charge in [0, 0.05) is 6.42 Å². The van der Waals surface area contributed by atoms with Crippen LogP contribution in [-0.2, 0) is 9.59 Å². The van der Waals surface area contributed by atoms with Crippen molar-refractivity contribution in [1.82, 2.24) is 5.32 Å². The van der Waals surface area contributed by atoms with Crippen LogP contribution >= 0.6 is 0 Å². The summed E-state index contributed by atoms with van der Waals surface area (Å²) in [6.07, 6.45) is 0.134. The Morgan fingerprint density at radius 3 is 2.56 bits per heavy atom. The van der Waals surface area contributed by atoms with E-state index in [0.717, 1.165) is 0 Å². The highest BCUT2D eigenvalue weighted by Gasteiger charge is 2.29. The van der Waals surface area contributed by atoms with Gasteiger partial charge in [0.25, 0.3) is 0 Å². The van der Waals surface area contributed by atoms with E-state index in [9.17, 15) is 9.59 Å². The number of nitrogens with one attached hydrogen (secondary N) is 1. The van der Waals surface area contributed by atoms with Crippen LogP contribution in [0.2, 0.25) is 0 Å². The lowest BCUT2D eigenvalue weighted by Crippen LogP contribution is -2.23. The first-order chi connectivity index (χ1) is 4.24. The van der Waals surface area contributed by atoms with Crippen LogP contribution < -0.4 is 5.32 Å². The fourth-order valence-corrected chi connectivity index (χ4v) is 0.754. The van der Waals surface area contributed by atoms with E-state index in [1.165, 1.54) is 0 Å². The van der Waals surface area contributed by atoms with Crippen molar-refractivity contribution in [3.05, 3.63) is 0 Å². The van der Waals surface area contributed by atoms with Gasteiger partial charge in [0.05, 0.1) is 12.5 Å². The van der Waals surface area contributed by atoms with Crippen molar-refractivity contribution in [2.45, 2.75) is 6.42 Å². The molecule has 1 aliphatic rings. The highest BCUT2D eigenvalue weighted by molar-refractivity contribution is 6.03. The molecule has 1 unspecified atom stereocenters. The van der Waals surface area contributed by atoms with Crippen molar-refractivity contribution in [1.29, 1.82) is 0 Å².